The molecule has 0 fully saturated rings. The van der Waals surface area contributed by atoms with Gasteiger partial charge in [0.05, 0.1) is 15.4 Å². The van der Waals surface area contributed by atoms with Gasteiger partial charge < -0.3 is 0 Å². The summed E-state index contributed by atoms with van der Waals surface area (Å²) in [6.07, 6.45) is 0. The van der Waals surface area contributed by atoms with Crippen LogP contribution >= 0.6 is 39.1 Å². The topological polar surface area (TPSA) is 17.1 Å². The fourth-order valence-corrected chi connectivity index (χ4v) is 1.60. The number of benzene rings is 1. The zero-order chi connectivity index (χ0) is 10.0. The number of carbonyl (C=O) groups excluding carboxylic acids is 1. The van der Waals surface area contributed by atoms with Crippen molar-refractivity contribution in [1.29, 1.82) is 0 Å². The lowest BCUT2D eigenvalue weighted by molar-refractivity contribution is 0.102. The van der Waals surface area contributed by atoms with Crippen LogP contribution in [0.3, 0.4) is 0 Å². The van der Waals surface area contributed by atoms with Crippen LogP contribution in [-0.2, 0) is 0 Å². The van der Waals surface area contributed by atoms with Crippen molar-refractivity contribution in [1.82, 2.24) is 0 Å². The zero-order valence-corrected chi connectivity index (χ0v) is 9.38. The van der Waals surface area contributed by atoms with Gasteiger partial charge in [0.15, 0.2) is 5.78 Å². The summed E-state index contributed by atoms with van der Waals surface area (Å²) in [6.45, 7) is 0. The van der Waals surface area contributed by atoms with Crippen LogP contribution < -0.4 is 0 Å². The molecule has 0 bridgehead atoms. The summed E-state index contributed by atoms with van der Waals surface area (Å²) in [5, 5.41) is 0.181. The van der Waals surface area contributed by atoms with Crippen LogP contribution in [0, 0.1) is 5.82 Å². The molecule has 0 aliphatic rings. The summed E-state index contributed by atoms with van der Waals surface area (Å²) >= 11 is 14.1. The van der Waals surface area contributed by atoms with Crippen molar-refractivity contribution >= 4 is 44.9 Å². The summed E-state index contributed by atoms with van der Waals surface area (Å²) in [4.78, 5) is 11.2. The fourth-order valence-electron chi connectivity index (χ4n) is 0.808. The highest BCUT2D eigenvalue weighted by Crippen LogP contribution is 2.24. The summed E-state index contributed by atoms with van der Waals surface area (Å²) in [5.41, 5.74) is 0.139. The van der Waals surface area contributed by atoms with Gasteiger partial charge in [0, 0.05) is 5.56 Å². The van der Waals surface area contributed by atoms with E-state index in [4.69, 9.17) is 23.2 Å². The Labute approximate surface area is 93.0 Å². The molecular weight excluding hydrogens is 282 g/mol. The predicted molar refractivity (Wildman–Crippen MR) is 54.5 cm³/mol. The number of halogens is 4. The van der Waals surface area contributed by atoms with Gasteiger partial charge in [-0.2, -0.15) is 0 Å². The second-order valence-electron chi connectivity index (χ2n) is 2.30. The van der Waals surface area contributed by atoms with Gasteiger partial charge in [-0.1, -0.05) is 39.1 Å². The van der Waals surface area contributed by atoms with E-state index in [9.17, 15) is 9.18 Å². The van der Waals surface area contributed by atoms with E-state index in [1.165, 1.54) is 6.07 Å². The molecular formula is C8H4BrCl2FO. The van der Waals surface area contributed by atoms with Crippen molar-refractivity contribution in [2.75, 3.05) is 5.33 Å². The number of ketones is 1. The summed E-state index contributed by atoms with van der Waals surface area (Å²) in [5.74, 6) is -0.920. The van der Waals surface area contributed by atoms with Crippen LogP contribution in [0.1, 0.15) is 10.4 Å². The van der Waals surface area contributed by atoms with Gasteiger partial charge in [-0.3, -0.25) is 4.79 Å². The van der Waals surface area contributed by atoms with Gasteiger partial charge in [-0.05, 0) is 12.1 Å². The lowest BCUT2D eigenvalue weighted by Gasteiger charge is -2.02. The third kappa shape index (κ3) is 2.42. The Morgan fingerprint density at radius 2 is 2.00 bits per heavy atom. The minimum Gasteiger partial charge on any atom is -0.293 e. The normalized spacial score (nSPS) is 10.2. The van der Waals surface area contributed by atoms with Gasteiger partial charge in [0.2, 0.25) is 0 Å². The Morgan fingerprint density at radius 3 is 2.54 bits per heavy atom. The van der Waals surface area contributed by atoms with E-state index in [0.717, 1.165) is 6.07 Å². The van der Waals surface area contributed by atoms with E-state index < -0.39 is 5.82 Å². The number of hydrogen-bond donors (Lipinski definition) is 0. The van der Waals surface area contributed by atoms with Crippen molar-refractivity contribution in [2.24, 2.45) is 0 Å². The first-order valence-corrected chi connectivity index (χ1v) is 5.17. The van der Waals surface area contributed by atoms with Crippen LogP contribution in [0.2, 0.25) is 10.0 Å². The Bertz CT molecular complexity index is 354. The fraction of sp³-hybridized carbons (Fsp3) is 0.125. The standard InChI is InChI=1S/C8H4BrCl2FO/c9-3-8(13)4-1-7(12)6(11)2-5(4)10/h1-2H,3H2. The highest BCUT2D eigenvalue weighted by Gasteiger charge is 2.12. The van der Waals surface area contributed by atoms with Gasteiger partial charge >= 0.3 is 0 Å². The number of Topliss-reactive ketones (excluding diaryl/α,β-unsaturated/α-hetero) is 1. The monoisotopic (exact) mass is 284 g/mol. The summed E-state index contributed by atoms with van der Waals surface area (Å²) in [7, 11) is 0. The number of hydrogen-bond acceptors (Lipinski definition) is 1. The molecule has 0 atom stereocenters. The van der Waals surface area contributed by atoms with Crippen molar-refractivity contribution < 1.29 is 9.18 Å². The third-order valence-electron chi connectivity index (χ3n) is 1.43. The zero-order valence-electron chi connectivity index (χ0n) is 6.28. The largest absolute Gasteiger partial charge is 0.293 e. The summed E-state index contributed by atoms with van der Waals surface area (Å²) in [6, 6.07) is 2.25. The molecule has 13 heavy (non-hydrogen) atoms. The number of carbonyl (C=O) groups is 1. The van der Waals surface area contributed by atoms with Gasteiger partial charge in [-0.15, -0.1) is 0 Å². The minimum atomic E-state index is -0.643. The molecule has 0 heterocycles. The quantitative estimate of drug-likeness (QED) is 0.460. The van der Waals surface area contributed by atoms with Crippen molar-refractivity contribution in [2.45, 2.75) is 0 Å². The SMILES string of the molecule is O=C(CBr)c1cc(F)c(Cl)cc1Cl. The van der Waals surface area contributed by atoms with Crippen LogP contribution in [0.4, 0.5) is 4.39 Å². The molecule has 0 aliphatic carbocycles. The molecule has 70 valence electrons. The molecule has 0 radical (unpaired) electrons. The molecule has 0 N–H and O–H groups in total. The molecule has 0 amide bonds. The molecule has 1 aromatic carbocycles. The van der Waals surface area contributed by atoms with Crippen LogP contribution in [0.25, 0.3) is 0 Å². The average Bonchev–Trinajstić information content (AvgIpc) is 2.10. The molecule has 0 spiro atoms. The Hall–Kier alpha value is -0.120. The molecule has 0 saturated heterocycles. The molecule has 1 aromatic rings. The highest BCUT2D eigenvalue weighted by molar-refractivity contribution is 9.09. The Kier molecular flexibility index (Phi) is 3.71. The lowest BCUT2D eigenvalue weighted by Crippen LogP contribution is -2.01. The third-order valence-corrected chi connectivity index (χ3v) is 2.54. The summed E-state index contributed by atoms with van der Waals surface area (Å²) < 4.78 is 12.9. The van der Waals surface area contributed by atoms with Gasteiger partial charge in [0.25, 0.3) is 0 Å². The molecule has 5 heteroatoms. The van der Waals surface area contributed by atoms with Gasteiger partial charge in [-0.25, -0.2) is 4.39 Å². The molecule has 0 unspecified atom stereocenters. The maximum atomic E-state index is 12.9. The molecule has 0 aromatic heterocycles. The second-order valence-corrected chi connectivity index (χ2v) is 3.68. The lowest BCUT2D eigenvalue weighted by atomic mass is 10.1. The second kappa shape index (κ2) is 4.40. The van der Waals surface area contributed by atoms with E-state index in [0.29, 0.717) is 0 Å². The molecule has 0 aliphatic heterocycles. The maximum Gasteiger partial charge on any atom is 0.174 e. The number of rotatable bonds is 2. The van der Waals surface area contributed by atoms with E-state index >= 15 is 0 Å². The number of alkyl halides is 1. The van der Waals surface area contributed by atoms with Crippen LogP contribution in [-0.4, -0.2) is 11.1 Å². The Balaban J connectivity index is 3.23. The minimum absolute atomic E-state index is 0.0869. The first-order chi connectivity index (χ1) is 6.06. The average molecular weight is 286 g/mol. The van der Waals surface area contributed by atoms with Crippen LogP contribution in [0.5, 0.6) is 0 Å². The van der Waals surface area contributed by atoms with Crippen molar-refractivity contribution in [3.05, 3.63) is 33.6 Å². The smallest absolute Gasteiger partial charge is 0.174 e. The van der Waals surface area contributed by atoms with E-state index in [1.54, 1.807) is 0 Å². The first-order valence-electron chi connectivity index (χ1n) is 3.30. The van der Waals surface area contributed by atoms with Crippen molar-refractivity contribution in [3.63, 3.8) is 0 Å². The predicted octanol–water partition coefficient (Wildman–Crippen LogP) is 3.71. The van der Waals surface area contributed by atoms with E-state index in [-0.39, 0.29) is 26.7 Å². The van der Waals surface area contributed by atoms with E-state index in [2.05, 4.69) is 15.9 Å². The van der Waals surface area contributed by atoms with Crippen molar-refractivity contribution in [3.8, 4) is 0 Å². The van der Waals surface area contributed by atoms with E-state index in [1.807, 2.05) is 0 Å². The maximum absolute atomic E-state index is 12.9. The first kappa shape index (κ1) is 11.0. The highest BCUT2D eigenvalue weighted by atomic mass is 79.9. The van der Waals surface area contributed by atoms with Crippen LogP contribution in [0.15, 0.2) is 12.1 Å². The molecule has 1 nitrogen and oxygen atoms in total. The molecule has 0 saturated carbocycles. The Morgan fingerprint density at radius 1 is 1.38 bits per heavy atom. The molecule has 1 rings (SSSR count). The van der Waals surface area contributed by atoms with Gasteiger partial charge in [0.1, 0.15) is 5.82 Å².